The summed E-state index contributed by atoms with van der Waals surface area (Å²) in [4.78, 5) is 24.7. The highest BCUT2D eigenvalue weighted by Gasteiger charge is 2.23. The molecule has 0 saturated carbocycles. The maximum Gasteiger partial charge on any atom is 0.439 e. The van der Waals surface area contributed by atoms with Crippen molar-refractivity contribution in [3.05, 3.63) is 10.6 Å². The van der Waals surface area contributed by atoms with Crippen molar-refractivity contribution in [2.75, 3.05) is 12.3 Å². The molecule has 0 aliphatic heterocycles. The predicted octanol–water partition coefficient (Wildman–Crippen LogP) is -0.775. The number of nitrogens with one attached hydrogen (secondary N) is 3. The molecule has 0 bridgehead atoms. The summed E-state index contributed by atoms with van der Waals surface area (Å²) < 4.78 is 41.0. The number of aromatic nitrogens is 4. The van der Waals surface area contributed by atoms with Crippen molar-refractivity contribution in [3.63, 3.8) is 0 Å². The zero-order chi connectivity index (χ0) is 20.9. The first kappa shape index (κ1) is 21.9. The van der Waals surface area contributed by atoms with Crippen LogP contribution in [0.25, 0.3) is 11.5 Å². The molecule has 28 heavy (non-hydrogen) atoms. The SMILES string of the molecule is CC(C)(C)OC(=O)NS(=O)(=O)NCC(O)CSc1nonc1-c1noc(=O)[nH]1. The van der Waals surface area contributed by atoms with E-state index in [1.165, 1.54) is 0 Å². The van der Waals surface area contributed by atoms with Crippen LogP contribution in [0.4, 0.5) is 4.79 Å². The van der Waals surface area contributed by atoms with E-state index in [1.807, 2.05) is 4.72 Å². The second-order valence-electron chi connectivity index (χ2n) is 6.28. The zero-order valence-corrected chi connectivity index (χ0v) is 16.6. The summed E-state index contributed by atoms with van der Waals surface area (Å²) in [7, 11) is -4.22. The van der Waals surface area contributed by atoms with E-state index in [-0.39, 0.29) is 22.3 Å². The van der Waals surface area contributed by atoms with Crippen LogP contribution < -0.4 is 15.2 Å². The Bertz CT molecular complexity index is 959. The Morgan fingerprint density at radius 2 is 2.07 bits per heavy atom. The van der Waals surface area contributed by atoms with Gasteiger partial charge in [-0.2, -0.15) is 13.1 Å². The van der Waals surface area contributed by atoms with Crippen LogP contribution in [0.1, 0.15) is 20.8 Å². The molecule has 0 saturated heterocycles. The molecule has 0 aliphatic carbocycles. The number of carbonyl (C=O) groups excluding carboxylic acids is 1. The average Bonchev–Trinajstić information content (AvgIpc) is 3.16. The molecule has 1 unspecified atom stereocenters. The van der Waals surface area contributed by atoms with Crippen LogP contribution >= 0.6 is 11.8 Å². The van der Waals surface area contributed by atoms with Crippen LogP contribution in [0.5, 0.6) is 0 Å². The maximum atomic E-state index is 11.8. The highest BCUT2D eigenvalue weighted by Crippen LogP contribution is 2.25. The van der Waals surface area contributed by atoms with Crippen molar-refractivity contribution < 1.29 is 32.2 Å². The van der Waals surface area contributed by atoms with E-state index in [0.29, 0.717) is 0 Å². The van der Waals surface area contributed by atoms with Gasteiger partial charge in [0, 0.05) is 12.3 Å². The molecule has 0 aromatic carbocycles. The van der Waals surface area contributed by atoms with E-state index in [9.17, 15) is 23.1 Å². The summed E-state index contributed by atoms with van der Waals surface area (Å²) in [5.74, 6) is -0.815. The van der Waals surface area contributed by atoms with Crippen LogP contribution in [-0.2, 0) is 14.9 Å². The van der Waals surface area contributed by atoms with Gasteiger partial charge in [-0.15, -0.1) is 0 Å². The third kappa shape index (κ3) is 6.95. The van der Waals surface area contributed by atoms with E-state index in [0.717, 1.165) is 11.8 Å². The molecule has 2 aromatic rings. The fraction of sp³-hybridized carbons (Fsp3) is 0.583. The number of thioether (sulfide) groups is 1. The lowest BCUT2D eigenvalue weighted by atomic mass is 10.2. The number of amides is 1. The maximum absolute atomic E-state index is 11.8. The van der Waals surface area contributed by atoms with Gasteiger partial charge in [0.25, 0.3) is 0 Å². The monoisotopic (exact) mass is 438 g/mol. The smallest absolute Gasteiger partial charge is 0.439 e. The molecule has 0 radical (unpaired) electrons. The van der Waals surface area contributed by atoms with Crippen LogP contribution in [-0.4, -0.2) is 64.1 Å². The summed E-state index contributed by atoms with van der Waals surface area (Å²) >= 11 is 0.970. The van der Waals surface area contributed by atoms with Crippen molar-refractivity contribution in [1.29, 1.82) is 0 Å². The molecule has 1 amide bonds. The minimum Gasteiger partial charge on any atom is -0.443 e. The van der Waals surface area contributed by atoms with Gasteiger partial charge in [0.1, 0.15) is 5.60 Å². The molecule has 4 N–H and O–H groups in total. The minimum absolute atomic E-state index is 0.00879. The number of hydrogen-bond donors (Lipinski definition) is 4. The van der Waals surface area contributed by atoms with Crippen LogP contribution in [0.15, 0.2) is 19.0 Å². The van der Waals surface area contributed by atoms with Crippen LogP contribution in [0.3, 0.4) is 0 Å². The van der Waals surface area contributed by atoms with Gasteiger partial charge in [-0.25, -0.2) is 18.9 Å². The van der Waals surface area contributed by atoms with Gasteiger partial charge in [0.15, 0.2) is 10.7 Å². The topological polar surface area (TPSA) is 203 Å². The number of hydrogen-bond acceptors (Lipinski definition) is 12. The van der Waals surface area contributed by atoms with Crippen molar-refractivity contribution in [1.82, 2.24) is 29.9 Å². The van der Waals surface area contributed by atoms with Gasteiger partial charge in [0.05, 0.1) is 6.10 Å². The van der Waals surface area contributed by atoms with Crippen molar-refractivity contribution in [3.8, 4) is 11.5 Å². The van der Waals surface area contributed by atoms with Gasteiger partial charge >= 0.3 is 22.1 Å². The van der Waals surface area contributed by atoms with Crippen molar-refractivity contribution in [2.24, 2.45) is 0 Å². The van der Waals surface area contributed by atoms with E-state index in [4.69, 9.17) is 4.74 Å². The van der Waals surface area contributed by atoms with Crippen molar-refractivity contribution >= 4 is 28.1 Å². The number of nitrogens with zero attached hydrogens (tertiary/aromatic N) is 3. The Kier molecular flexibility index (Phi) is 6.81. The molecule has 156 valence electrons. The highest BCUT2D eigenvalue weighted by atomic mass is 32.2. The zero-order valence-electron chi connectivity index (χ0n) is 15.0. The van der Waals surface area contributed by atoms with E-state index in [1.54, 1.807) is 25.5 Å². The number of ether oxygens (including phenoxy) is 1. The second-order valence-corrected chi connectivity index (χ2v) is 8.79. The number of aliphatic hydroxyl groups excluding tert-OH is 1. The lowest BCUT2D eigenvalue weighted by Gasteiger charge is -2.19. The lowest BCUT2D eigenvalue weighted by Crippen LogP contribution is -2.45. The number of H-pyrrole nitrogens is 1. The Balaban J connectivity index is 1.83. The Labute approximate surface area is 162 Å². The first-order chi connectivity index (χ1) is 13.0. The van der Waals surface area contributed by atoms with Gasteiger partial charge in [0.2, 0.25) is 5.82 Å². The summed E-state index contributed by atoms with van der Waals surface area (Å²) in [6.45, 7) is 4.34. The number of aromatic amines is 1. The molecule has 16 heteroatoms. The first-order valence-electron chi connectivity index (χ1n) is 7.65. The molecule has 2 heterocycles. The Morgan fingerprint density at radius 3 is 2.68 bits per heavy atom. The Morgan fingerprint density at radius 1 is 1.36 bits per heavy atom. The number of carbonyl (C=O) groups is 1. The molecular weight excluding hydrogens is 420 g/mol. The summed E-state index contributed by atoms with van der Waals surface area (Å²) in [5, 5.41) is 20.7. The summed E-state index contributed by atoms with van der Waals surface area (Å²) in [5.41, 5.74) is -0.775. The second kappa shape index (κ2) is 8.72. The summed E-state index contributed by atoms with van der Waals surface area (Å²) in [6, 6.07) is 0. The molecule has 0 fully saturated rings. The quantitative estimate of drug-likeness (QED) is 0.375. The number of aliphatic hydroxyl groups is 1. The third-order valence-corrected chi connectivity index (χ3v) is 4.74. The lowest BCUT2D eigenvalue weighted by molar-refractivity contribution is 0.0569. The average molecular weight is 438 g/mol. The van der Waals surface area contributed by atoms with E-state index >= 15 is 0 Å². The normalized spacial score (nSPS) is 13.3. The minimum atomic E-state index is -4.22. The van der Waals surface area contributed by atoms with Crippen molar-refractivity contribution in [2.45, 2.75) is 37.5 Å². The fourth-order valence-corrected chi connectivity index (χ4v) is 3.21. The molecule has 2 rings (SSSR count). The van der Waals surface area contributed by atoms with Crippen LogP contribution in [0.2, 0.25) is 0 Å². The van der Waals surface area contributed by atoms with Gasteiger partial charge in [-0.1, -0.05) is 16.9 Å². The standard InChI is InChI=1S/C12H18N6O8S2/c1-12(2,3)24-11(21)18-28(22,23)13-4-6(19)5-27-9-7(15-26-17-9)8-14-10(20)25-16-8/h6,13,19H,4-5H2,1-3H3,(H,18,21)(H,14,16,20). The molecule has 0 aliphatic rings. The van der Waals surface area contributed by atoms with Gasteiger partial charge in [-0.05, 0) is 31.1 Å². The first-order valence-corrected chi connectivity index (χ1v) is 10.1. The largest absolute Gasteiger partial charge is 0.443 e. The molecule has 14 nitrogen and oxygen atoms in total. The third-order valence-electron chi connectivity index (χ3n) is 2.66. The predicted molar refractivity (Wildman–Crippen MR) is 93.4 cm³/mol. The van der Waals surface area contributed by atoms with Gasteiger partial charge in [-0.3, -0.25) is 9.51 Å². The van der Waals surface area contributed by atoms with E-state index in [2.05, 4.69) is 29.6 Å². The molecular formula is C12H18N6O8S2. The molecule has 1 atom stereocenters. The number of rotatable bonds is 8. The Hall–Kier alpha value is -2.43. The summed E-state index contributed by atoms with van der Waals surface area (Å²) in [6.07, 6.45) is -2.30. The molecule has 0 spiro atoms. The fourth-order valence-electron chi connectivity index (χ4n) is 1.64. The van der Waals surface area contributed by atoms with E-state index < -0.39 is 40.3 Å². The molecule has 2 aromatic heterocycles. The van der Waals surface area contributed by atoms with Crippen LogP contribution in [0, 0.1) is 0 Å². The van der Waals surface area contributed by atoms with Gasteiger partial charge < -0.3 is 9.84 Å². The highest BCUT2D eigenvalue weighted by molar-refractivity contribution is 7.99.